The predicted molar refractivity (Wildman–Crippen MR) is 68.9 cm³/mol. The lowest BCUT2D eigenvalue weighted by molar-refractivity contribution is -0.140. The smallest absolute Gasteiger partial charge is 0.307 e. The second-order valence-electron chi connectivity index (χ2n) is 5.06. The molecule has 0 radical (unpaired) electrons. The van der Waals surface area contributed by atoms with Gasteiger partial charge in [-0.2, -0.15) is 0 Å². The molecule has 0 spiro atoms. The van der Waals surface area contributed by atoms with Gasteiger partial charge in [0, 0.05) is 12.0 Å². The molecular weight excluding hydrogens is 228 g/mol. The quantitative estimate of drug-likeness (QED) is 0.880. The van der Waals surface area contributed by atoms with Crippen molar-refractivity contribution < 1.29 is 14.6 Å². The minimum atomic E-state index is -0.824. The van der Waals surface area contributed by atoms with Crippen LogP contribution in [0.3, 0.4) is 0 Å². The highest BCUT2D eigenvalue weighted by atomic mass is 16.5. The maximum Gasteiger partial charge on any atom is 0.307 e. The van der Waals surface area contributed by atoms with Gasteiger partial charge in [-0.15, -0.1) is 0 Å². The van der Waals surface area contributed by atoms with Gasteiger partial charge in [0.15, 0.2) is 0 Å². The summed E-state index contributed by atoms with van der Waals surface area (Å²) in [5.74, 6) is -0.00735. The van der Waals surface area contributed by atoms with Gasteiger partial charge in [0.1, 0.15) is 11.4 Å². The molecule has 0 aromatic heterocycles. The van der Waals surface area contributed by atoms with E-state index in [1.807, 2.05) is 31.2 Å². The van der Waals surface area contributed by atoms with Gasteiger partial charge in [0.2, 0.25) is 0 Å². The van der Waals surface area contributed by atoms with E-state index in [4.69, 9.17) is 9.84 Å². The van der Waals surface area contributed by atoms with Crippen LogP contribution < -0.4 is 4.74 Å². The fraction of sp³-hybridized carbons (Fsp3) is 0.267. The molecule has 0 saturated heterocycles. The molecule has 3 rings (SSSR count). The molecule has 2 aromatic carbocycles. The number of ether oxygens (including phenoxy) is 1. The number of hydrogen-bond donors (Lipinski definition) is 1. The molecule has 0 bridgehead atoms. The highest BCUT2D eigenvalue weighted by Crippen LogP contribution is 2.40. The van der Waals surface area contributed by atoms with Crippen LogP contribution in [0.2, 0.25) is 0 Å². The third kappa shape index (κ3) is 1.72. The van der Waals surface area contributed by atoms with Gasteiger partial charge in [-0.3, -0.25) is 4.79 Å². The molecule has 0 fully saturated rings. The van der Waals surface area contributed by atoms with Crippen LogP contribution in [0.4, 0.5) is 0 Å². The number of hydrogen-bond acceptors (Lipinski definition) is 2. The first-order valence-corrected chi connectivity index (χ1v) is 5.99. The summed E-state index contributed by atoms with van der Waals surface area (Å²) in [6.45, 7) is 1.86. The molecule has 0 amide bonds. The van der Waals surface area contributed by atoms with Gasteiger partial charge in [-0.25, -0.2) is 0 Å². The zero-order valence-corrected chi connectivity index (χ0v) is 10.1. The Bertz CT molecular complexity index is 633. The first kappa shape index (κ1) is 11.1. The molecule has 2 aromatic rings. The van der Waals surface area contributed by atoms with Gasteiger partial charge in [-0.1, -0.05) is 30.3 Å². The minimum absolute atomic E-state index is 0.0238. The number of benzene rings is 2. The second-order valence-corrected chi connectivity index (χ2v) is 5.06. The Balaban J connectivity index is 2.07. The van der Waals surface area contributed by atoms with Crippen molar-refractivity contribution in [2.45, 2.75) is 25.4 Å². The van der Waals surface area contributed by atoms with E-state index >= 15 is 0 Å². The Kier molecular flexibility index (Phi) is 2.30. The third-order valence-corrected chi connectivity index (χ3v) is 3.43. The minimum Gasteiger partial charge on any atom is -0.486 e. The highest BCUT2D eigenvalue weighted by molar-refractivity contribution is 5.88. The van der Waals surface area contributed by atoms with E-state index in [0.717, 1.165) is 16.7 Å². The number of carboxylic acid groups (broad SMARTS) is 1. The average Bonchev–Trinajstić information content (AvgIpc) is 2.64. The van der Waals surface area contributed by atoms with Gasteiger partial charge in [0.25, 0.3) is 0 Å². The molecular formula is C15H14O3. The maximum atomic E-state index is 10.9. The number of rotatable bonds is 2. The van der Waals surface area contributed by atoms with Crippen molar-refractivity contribution >= 4 is 16.7 Å². The molecule has 1 aliphatic rings. The zero-order chi connectivity index (χ0) is 12.8. The van der Waals surface area contributed by atoms with Crippen LogP contribution >= 0.6 is 0 Å². The Morgan fingerprint density at radius 1 is 1.33 bits per heavy atom. The van der Waals surface area contributed by atoms with Crippen LogP contribution in [0.5, 0.6) is 5.75 Å². The first-order chi connectivity index (χ1) is 8.57. The van der Waals surface area contributed by atoms with Crippen LogP contribution in [0.1, 0.15) is 18.9 Å². The summed E-state index contributed by atoms with van der Waals surface area (Å²) in [6, 6.07) is 12.1. The van der Waals surface area contributed by atoms with E-state index in [1.54, 1.807) is 0 Å². The molecule has 92 valence electrons. The lowest BCUT2D eigenvalue weighted by atomic mass is 9.93. The number of carbonyl (C=O) groups is 1. The van der Waals surface area contributed by atoms with E-state index in [1.165, 1.54) is 5.39 Å². The summed E-state index contributed by atoms with van der Waals surface area (Å²) < 4.78 is 5.83. The number of carboxylic acids is 1. The summed E-state index contributed by atoms with van der Waals surface area (Å²) in [6.07, 6.45) is 0.673. The van der Waals surface area contributed by atoms with Crippen molar-refractivity contribution in [2.75, 3.05) is 0 Å². The Morgan fingerprint density at radius 2 is 2.11 bits per heavy atom. The first-order valence-electron chi connectivity index (χ1n) is 5.99. The van der Waals surface area contributed by atoms with Crippen LogP contribution in [0, 0.1) is 0 Å². The van der Waals surface area contributed by atoms with E-state index in [-0.39, 0.29) is 6.42 Å². The number of aliphatic carboxylic acids is 1. The van der Waals surface area contributed by atoms with Crippen molar-refractivity contribution in [3.63, 3.8) is 0 Å². The highest BCUT2D eigenvalue weighted by Gasteiger charge is 2.37. The van der Waals surface area contributed by atoms with Crippen LogP contribution in [-0.4, -0.2) is 16.7 Å². The molecule has 0 saturated carbocycles. The monoisotopic (exact) mass is 242 g/mol. The summed E-state index contributed by atoms with van der Waals surface area (Å²) in [5, 5.41) is 11.3. The fourth-order valence-corrected chi connectivity index (χ4v) is 2.69. The second kappa shape index (κ2) is 3.73. The zero-order valence-electron chi connectivity index (χ0n) is 10.1. The SMILES string of the molecule is CC1(CC(=O)O)Cc2c(ccc3ccccc23)O1. The molecule has 1 atom stereocenters. The molecule has 1 heterocycles. The molecule has 1 aliphatic heterocycles. The van der Waals surface area contributed by atoms with Crippen LogP contribution in [0.15, 0.2) is 36.4 Å². The Hall–Kier alpha value is -2.03. The molecule has 18 heavy (non-hydrogen) atoms. The topological polar surface area (TPSA) is 46.5 Å². The average molecular weight is 242 g/mol. The largest absolute Gasteiger partial charge is 0.486 e. The van der Waals surface area contributed by atoms with Crippen molar-refractivity contribution in [3.8, 4) is 5.75 Å². The van der Waals surface area contributed by atoms with Crippen LogP contribution in [-0.2, 0) is 11.2 Å². The van der Waals surface area contributed by atoms with Crippen molar-refractivity contribution in [1.29, 1.82) is 0 Å². The molecule has 3 nitrogen and oxygen atoms in total. The van der Waals surface area contributed by atoms with E-state index in [9.17, 15) is 4.79 Å². The van der Waals surface area contributed by atoms with Gasteiger partial charge in [-0.05, 0) is 23.8 Å². The molecule has 3 heteroatoms. The number of fused-ring (bicyclic) bond motifs is 3. The standard InChI is InChI=1S/C15H14O3/c1-15(9-14(16)17)8-12-11-5-3-2-4-10(11)6-7-13(12)18-15/h2-7H,8-9H2,1H3,(H,16,17). The maximum absolute atomic E-state index is 10.9. The van der Waals surface area contributed by atoms with Crippen LogP contribution in [0.25, 0.3) is 10.8 Å². The Morgan fingerprint density at radius 3 is 2.89 bits per heavy atom. The molecule has 1 unspecified atom stereocenters. The molecule has 1 N–H and O–H groups in total. The van der Waals surface area contributed by atoms with Gasteiger partial charge < -0.3 is 9.84 Å². The summed E-state index contributed by atoms with van der Waals surface area (Å²) in [7, 11) is 0. The summed E-state index contributed by atoms with van der Waals surface area (Å²) in [4.78, 5) is 10.9. The van der Waals surface area contributed by atoms with Crippen molar-refractivity contribution in [1.82, 2.24) is 0 Å². The molecule has 0 aliphatic carbocycles. The Labute approximate surface area is 105 Å². The van der Waals surface area contributed by atoms with Crippen molar-refractivity contribution in [2.24, 2.45) is 0 Å². The summed E-state index contributed by atoms with van der Waals surface area (Å²) in [5.41, 5.74) is 0.495. The van der Waals surface area contributed by atoms with E-state index < -0.39 is 11.6 Å². The third-order valence-electron chi connectivity index (χ3n) is 3.43. The van der Waals surface area contributed by atoms with E-state index in [0.29, 0.717) is 6.42 Å². The lowest BCUT2D eigenvalue weighted by Gasteiger charge is -2.21. The lowest BCUT2D eigenvalue weighted by Crippen LogP contribution is -2.33. The fourth-order valence-electron chi connectivity index (χ4n) is 2.69. The normalized spacial score (nSPS) is 21.6. The van der Waals surface area contributed by atoms with Gasteiger partial charge in [0.05, 0.1) is 6.42 Å². The van der Waals surface area contributed by atoms with Crippen molar-refractivity contribution in [3.05, 3.63) is 42.0 Å². The van der Waals surface area contributed by atoms with Gasteiger partial charge >= 0.3 is 5.97 Å². The predicted octanol–water partition coefficient (Wildman–Crippen LogP) is 3.01. The van der Waals surface area contributed by atoms with E-state index in [2.05, 4.69) is 12.1 Å². The summed E-state index contributed by atoms with van der Waals surface area (Å²) >= 11 is 0.